The molecular weight excluding hydrogens is 438 g/mol. The maximum atomic E-state index is 13.6. The molecule has 0 spiro atoms. The van der Waals surface area contributed by atoms with Crippen LogP contribution in [0.3, 0.4) is 0 Å². The van der Waals surface area contributed by atoms with Crippen molar-refractivity contribution in [1.29, 1.82) is 0 Å². The van der Waals surface area contributed by atoms with Gasteiger partial charge < -0.3 is 14.4 Å². The summed E-state index contributed by atoms with van der Waals surface area (Å²) in [6.07, 6.45) is 8.48. The summed E-state index contributed by atoms with van der Waals surface area (Å²) in [5.41, 5.74) is 0.922. The summed E-state index contributed by atoms with van der Waals surface area (Å²) in [4.78, 5) is 28.6. The molecule has 0 aromatic heterocycles. The minimum absolute atomic E-state index is 0.0210. The Balaban J connectivity index is 3.33. The monoisotopic (exact) mass is 483 g/mol. The lowest BCUT2D eigenvalue weighted by Crippen LogP contribution is -2.46. The quantitative estimate of drug-likeness (QED) is 0.284. The fourth-order valence-corrected chi connectivity index (χ4v) is 5.18. The number of piperidine rings is 1. The lowest BCUT2D eigenvalue weighted by atomic mass is 9.76. The van der Waals surface area contributed by atoms with Crippen molar-refractivity contribution in [3.05, 3.63) is 22.8 Å². The zero-order valence-corrected chi connectivity index (χ0v) is 22.6. The normalized spacial score (nSPS) is 22.7. The number of nitrogens with zero attached hydrogens (tertiary/aromatic N) is 1. The van der Waals surface area contributed by atoms with E-state index in [4.69, 9.17) is 21.1 Å². The number of hydrogen-bond acceptors (Lipinski definition) is 4. The number of rotatable bonds is 14. The highest BCUT2D eigenvalue weighted by atomic mass is 35.5. The highest BCUT2D eigenvalue weighted by Crippen LogP contribution is 2.35. The lowest BCUT2D eigenvalue weighted by molar-refractivity contribution is -0.137. The van der Waals surface area contributed by atoms with Crippen molar-refractivity contribution in [2.75, 3.05) is 33.9 Å². The number of amides is 1. The zero-order valence-electron chi connectivity index (χ0n) is 21.9. The van der Waals surface area contributed by atoms with Gasteiger partial charge >= 0.3 is 0 Å². The van der Waals surface area contributed by atoms with Gasteiger partial charge in [-0.05, 0) is 56.6 Å². The molecule has 1 rings (SSSR count). The molecule has 1 fully saturated rings. The Kier molecular flexibility index (Phi) is 14.2. The Labute approximate surface area is 206 Å². The van der Waals surface area contributed by atoms with Crippen LogP contribution in [0.1, 0.15) is 73.1 Å². The van der Waals surface area contributed by atoms with E-state index in [-0.39, 0.29) is 30.1 Å². The molecule has 0 bridgehead atoms. The first kappa shape index (κ1) is 29.9. The fourth-order valence-electron chi connectivity index (χ4n) is 5.05. The number of allylic oxidation sites excluding steroid dienone is 4. The van der Waals surface area contributed by atoms with Crippen molar-refractivity contribution < 1.29 is 19.1 Å². The summed E-state index contributed by atoms with van der Waals surface area (Å²) in [7, 11) is 3.27. The van der Waals surface area contributed by atoms with Crippen LogP contribution in [0, 0.1) is 23.7 Å². The molecule has 1 aliphatic rings. The minimum Gasteiger partial charge on any atom is -0.385 e. The predicted octanol–water partition coefficient (Wildman–Crippen LogP) is 6.01. The van der Waals surface area contributed by atoms with E-state index in [0.717, 1.165) is 31.5 Å². The number of hydrogen-bond donors (Lipinski definition) is 0. The Morgan fingerprint density at radius 1 is 1.12 bits per heavy atom. The van der Waals surface area contributed by atoms with Gasteiger partial charge in [0.15, 0.2) is 0 Å². The third-order valence-corrected chi connectivity index (χ3v) is 7.54. The molecule has 5 unspecified atom stereocenters. The largest absolute Gasteiger partial charge is 0.385 e. The first-order chi connectivity index (χ1) is 15.8. The molecule has 1 saturated heterocycles. The standard InChI is InChI=1S/C27H46ClNO4/c1-8-20-14-21(9-2)18-29(17-20)26(31)16-24(22(10-3)15-23(28)11-4)27(19(5)30)25(33-7)12-13-32-6/h10,15,20-21,24-25,27H,8-9,11-14,16-18H2,1-7H3. The van der Waals surface area contributed by atoms with Crippen LogP contribution in [0.25, 0.3) is 0 Å². The smallest absolute Gasteiger partial charge is 0.223 e. The second-order valence-corrected chi connectivity index (χ2v) is 9.80. The molecule has 0 aliphatic carbocycles. The summed E-state index contributed by atoms with van der Waals surface area (Å²) < 4.78 is 11.0. The Hall–Kier alpha value is -1.17. The number of ether oxygens (including phenoxy) is 2. The molecule has 1 aliphatic heterocycles. The summed E-state index contributed by atoms with van der Waals surface area (Å²) in [5.74, 6) is 0.464. The van der Waals surface area contributed by atoms with E-state index in [1.54, 1.807) is 21.1 Å². The van der Waals surface area contributed by atoms with Gasteiger partial charge in [0.25, 0.3) is 0 Å². The van der Waals surface area contributed by atoms with Gasteiger partial charge in [0.2, 0.25) is 5.91 Å². The summed E-state index contributed by atoms with van der Waals surface area (Å²) in [6.45, 7) is 12.0. The molecule has 0 aromatic carbocycles. The van der Waals surface area contributed by atoms with Gasteiger partial charge in [-0.25, -0.2) is 0 Å². The van der Waals surface area contributed by atoms with Crippen LogP contribution in [0.2, 0.25) is 0 Å². The summed E-state index contributed by atoms with van der Waals surface area (Å²) >= 11 is 6.41. The van der Waals surface area contributed by atoms with Crippen LogP contribution < -0.4 is 0 Å². The molecule has 0 radical (unpaired) electrons. The van der Waals surface area contributed by atoms with Crippen molar-refractivity contribution in [3.63, 3.8) is 0 Å². The van der Waals surface area contributed by atoms with Crippen molar-refractivity contribution >= 4 is 23.3 Å². The number of carbonyl (C=O) groups is 2. The van der Waals surface area contributed by atoms with E-state index in [1.807, 2.05) is 30.9 Å². The van der Waals surface area contributed by atoms with Crippen LogP contribution in [0.5, 0.6) is 0 Å². The van der Waals surface area contributed by atoms with E-state index < -0.39 is 5.92 Å². The number of methoxy groups -OCH3 is 2. The fraction of sp³-hybridized carbons (Fsp3) is 0.778. The van der Waals surface area contributed by atoms with Crippen LogP contribution >= 0.6 is 11.6 Å². The van der Waals surface area contributed by atoms with Gasteiger partial charge in [-0.15, -0.1) is 0 Å². The van der Waals surface area contributed by atoms with Crippen LogP contribution in [-0.2, 0) is 19.1 Å². The lowest BCUT2D eigenvalue weighted by Gasteiger charge is -2.39. The number of ketones is 1. The van der Waals surface area contributed by atoms with Crippen molar-refractivity contribution in [1.82, 2.24) is 4.90 Å². The average molecular weight is 484 g/mol. The summed E-state index contributed by atoms with van der Waals surface area (Å²) in [5, 5.41) is 0.712. The van der Waals surface area contributed by atoms with E-state index in [9.17, 15) is 9.59 Å². The van der Waals surface area contributed by atoms with E-state index in [0.29, 0.717) is 36.3 Å². The van der Waals surface area contributed by atoms with E-state index >= 15 is 0 Å². The second kappa shape index (κ2) is 15.7. The van der Waals surface area contributed by atoms with Crippen LogP contribution in [-0.4, -0.2) is 56.6 Å². The molecule has 1 heterocycles. The van der Waals surface area contributed by atoms with Gasteiger partial charge in [-0.2, -0.15) is 0 Å². The minimum atomic E-state index is -0.452. The number of likely N-dealkylation sites (tertiary alicyclic amines) is 1. The zero-order chi connectivity index (χ0) is 25.0. The molecule has 190 valence electrons. The predicted molar refractivity (Wildman–Crippen MR) is 136 cm³/mol. The Morgan fingerprint density at radius 2 is 1.73 bits per heavy atom. The van der Waals surface area contributed by atoms with E-state index in [2.05, 4.69) is 13.8 Å². The maximum absolute atomic E-state index is 13.6. The van der Waals surface area contributed by atoms with Gasteiger partial charge in [0, 0.05) is 51.3 Å². The molecule has 5 nitrogen and oxygen atoms in total. The highest BCUT2D eigenvalue weighted by molar-refractivity contribution is 6.29. The molecular formula is C27H46ClNO4. The number of halogens is 1. The Morgan fingerprint density at radius 3 is 2.15 bits per heavy atom. The topological polar surface area (TPSA) is 55.8 Å². The number of Topliss-reactive ketones (excluding diaryl/α,β-unsaturated/α-hetero) is 1. The van der Waals surface area contributed by atoms with E-state index in [1.165, 1.54) is 6.42 Å². The van der Waals surface area contributed by atoms with Gasteiger partial charge in [-0.3, -0.25) is 9.59 Å². The van der Waals surface area contributed by atoms with Crippen molar-refractivity contribution in [3.8, 4) is 0 Å². The SMILES string of the molecule is CC=C(C=C(Cl)CC)C(CC(=O)N1CC(CC)CC(CC)C1)C(C(C)=O)C(CCOC)OC. The number of carbonyl (C=O) groups excluding carboxylic acids is 2. The van der Waals surface area contributed by atoms with Gasteiger partial charge in [0.05, 0.1) is 12.0 Å². The first-order valence-corrected chi connectivity index (χ1v) is 13.0. The van der Waals surface area contributed by atoms with Crippen molar-refractivity contribution in [2.45, 2.75) is 79.2 Å². The van der Waals surface area contributed by atoms with Crippen molar-refractivity contribution in [2.24, 2.45) is 23.7 Å². The molecule has 0 N–H and O–H groups in total. The maximum Gasteiger partial charge on any atom is 0.223 e. The first-order valence-electron chi connectivity index (χ1n) is 12.6. The third-order valence-electron chi connectivity index (χ3n) is 7.16. The van der Waals surface area contributed by atoms with Crippen LogP contribution in [0.15, 0.2) is 22.8 Å². The molecule has 1 amide bonds. The molecule has 6 heteroatoms. The highest BCUT2D eigenvalue weighted by Gasteiger charge is 2.38. The Bertz CT molecular complexity index is 663. The summed E-state index contributed by atoms with van der Waals surface area (Å²) in [6, 6.07) is 0. The second-order valence-electron chi connectivity index (χ2n) is 9.32. The van der Waals surface area contributed by atoms with Gasteiger partial charge in [-0.1, -0.05) is 51.3 Å². The molecule has 0 saturated carbocycles. The van der Waals surface area contributed by atoms with Crippen LogP contribution in [0.4, 0.5) is 0 Å². The molecule has 0 aromatic rings. The third kappa shape index (κ3) is 9.18. The molecule has 33 heavy (non-hydrogen) atoms. The molecule has 5 atom stereocenters. The van der Waals surface area contributed by atoms with Gasteiger partial charge in [0.1, 0.15) is 5.78 Å². The average Bonchev–Trinajstić information content (AvgIpc) is 2.82.